The molecule has 0 bridgehead atoms. The molecule has 0 aromatic heterocycles. The maximum atomic E-state index is 5.43. The molecular formula is C12H25N3S. The molecule has 0 spiro atoms. The fraction of sp³-hybridized carbons (Fsp3) is 0.917. The summed E-state index contributed by atoms with van der Waals surface area (Å²) in [6, 6.07) is 1.14. The lowest BCUT2D eigenvalue weighted by Crippen LogP contribution is -2.58. The summed E-state index contributed by atoms with van der Waals surface area (Å²) in [5.74, 6) is 0.639. The summed E-state index contributed by atoms with van der Waals surface area (Å²) in [5, 5.41) is 4.26. The Labute approximate surface area is 105 Å². The second-order valence-electron chi connectivity index (χ2n) is 5.35. The number of thiocarbonyl (C=S) groups is 1. The standard InChI is InChI=1S/C12H25N3S/c1-9(2)6-13-12(16)15-7-10(3)14(5)11(4)8-15/h9-11H,6-8H2,1-5H3,(H,13,16). The van der Waals surface area contributed by atoms with Gasteiger partial charge in [0, 0.05) is 31.7 Å². The molecule has 3 nitrogen and oxygen atoms in total. The first-order chi connectivity index (χ1) is 7.41. The van der Waals surface area contributed by atoms with Crippen molar-refractivity contribution in [3.8, 4) is 0 Å². The second kappa shape index (κ2) is 5.82. The van der Waals surface area contributed by atoms with Crippen LogP contribution >= 0.6 is 12.2 Å². The Balaban J connectivity index is 2.45. The monoisotopic (exact) mass is 243 g/mol. The molecule has 0 radical (unpaired) electrons. The molecule has 1 heterocycles. The highest BCUT2D eigenvalue weighted by atomic mass is 32.1. The first-order valence-electron chi connectivity index (χ1n) is 6.16. The number of piperazine rings is 1. The van der Waals surface area contributed by atoms with Gasteiger partial charge in [-0.3, -0.25) is 4.90 Å². The summed E-state index contributed by atoms with van der Waals surface area (Å²) < 4.78 is 0. The Morgan fingerprint density at radius 3 is 2.25 bits per heavy atom. The van der Waals surface area contributed by atoms with Gasteiger partial charge in [0.15, 0.2) is 5.11 Å². The van der Waals surface area contributed by atoms with Crippen molar-refractivity contribution in [2.45, 2.75) is 39.8 Å². The first-order valence-corrected chi connectivity index (χ1v) is 6.57. The van der Waals surface area contributed by atoms with E-state index in [0.29, 0.717) is 18.0 Å². The van der Waals surface area contributed by atoms with E-state index in [1.807, 2.05) is 0 Å². The van der Waals surface area contributed by atoms with Crippen LogP contribution in [0.1, 0.15) is 27.7 Å². The normalized spacial score (nSPS) is 27.2. The van der Waals surface area contributed by atoms with Crippen molar-refractivity contribution in [2.24, 2.45) is 5.92 Å². The Morgan fingerprint density at radius 2 is 1.81 bits per heavy atom. The van der Waals surface area contributed by atoms with Gasteiger partial charge in [0.05, 0.1) is 0 Å². The highest BCUT2D eigenvalue weighted by molar-refractivity contribution is 7.80. The summed E-state index contributed by atoms with van der Waals surface area (Å²) in [4.78, 5) is 4.72. The molecule has 4 heteroatoms. The fourth-order valence-electron chi connectivity index (χ4n) is 1.97. The van der Waals surface area contributed by atoms with Gasteiger partial charge in [0.25, 0.3) is 0 Å². The smallest absolute Gasteiger partial charge is 0.169 e. The van der Waals surface area contributed by atoms with E-state index in [2.05, 4.69) is 49.9 Å². The zero-order chi connectivity index (χ0) is 12.3. The molecule has 0 aromatic rings. The molecule has 94 valence electrons. The van der Waals surface area contributed by atoms with E-state index in [9.17, 15) is 0 Å². The van der Waals surface area contributed by atoms with Crippen molar-refractivity contribution >= 4 is 17.3 Å². The molecule has 2 atom stereocenters. The van der Waals surface area contributed by atoms with Crippen LogP contribution in [0, 0.1) is 5.92 Å². The molecule has 0 aliphatic carbocycles. The zero-order valence-electron chi connectivity index (χ0n) is 11.2. The predicted octanol–water partition coefficient (Wildman–Crippen LogP) is 1.54. The molecule has 1 aliphatic heterocycles. The largest absolute Gasteiger partial charge is 0.362 e. The number of hydrogen-bond donors (Lipinski definition) is 1. The van der Waals surface area contributed by atoms with Gasteiger partial charge < -0.3 is 10.2 Å². The van der Waals surface area contributed by atoms with E-state index >= 15 is 0 Å². The zero-order valence-corrected chi connectivity index (χ0v) is 12.0. The summed E-state index contributed by atoms with van der Waals surface area (Å²) >= 11 is 5.43. The summed E-state index contributed by atoms with van der Waals surface area (Å²) in [7, 11) is 2.19. The molecule has 1 saturated heterocycles. The molecule has 1 aliphatic rings. The number of rotatable bonds is 2. The average Bonchev–Trinajstić information content (AvgIpc) is 2.21. The van der Waals surface area contributed by atoms with Crippen LogP contribution in [0.15, 0.2) is 0 Å². The van der Waals surface area contributed by atoms with Crippen LogP contribution in [0.2, 0.25) is 0 Å². The first kappa shape index (κ1) is 13.7. The Kier molecular flexibility index (Phi) is 4.99. The molecule has 0 aromatic carbocycles. The quantitative estimate of drug-likeness (QED) is 0.741. The highest BCUT2D eigenvalue weighted by Gasteiger charge is 2.27. The van der Waals surface area contributed by atoms with Crippen molar-refractivity contribution in [3.63, 3.8) is 0 Å². The fourth-order valence-corrected chi connectivity index (χ4v) is 2.21. The van der Waals surface area contributed by atoms with Gasteiger partial charge in [-0.2, -0.15) is 0 Å². The summed E-state index contributed by atoms with van der Waals surface area (Å²) in [5.41, 5.74) is 0. The molecule has 1 rings (SSSR count). The highest BCUT2D eigenvalue weighted by Crippen LogP contribution is 2.13. The lowest BCUT2D eigenvalue weighted by atomic mass is 10.1. The van der Waals surface area contributed by atoms with Crippen LogP contribution in [-0.4, -0.2) is 53.7 Å². The maximum Gasteiger partial charge on any atom is 0.169 e. The van der Waals surface area contributed by atoms with Gasteiger partial charge in [-0.05, 0) is 39.0 Å². The van der Waals surface area contributed by atoms with Crippen LogP contribution in [0.5, 0.6) is 0 Å². The molecule has 2 unspecified atom stereocenters. The van der Waals surface area contributed by atoms with Crippen LogP contribution in [0.3, 0.4) is 0 Å². The minimum atomic E-state index is 0.572. The van der Waals surface area contributed by atoms with E-state index in [0.717, 1.165) is 24.7 Å². The molecule has 16 heavy (non-hydrogen) atoms. The third-order valence-corrected chi connectivity index (χ3v) is 3.71. The maximum absolute atomic E-state index is 5.43. The van der Waals surface area contributed by atoms with E-state index in [1.54, 1.807) is 0 Å². The van der Waals surface area contributed by atoms with Gasteiger partial charge in [-0.15, -0.1) is 0 Å². The van der Waals surface area contributed by atoms with E-state index in [-0.39, 0.29) is 0 Å². The molecule has 0 saturated carbocycles. The number of hydrogen-bond acceptors (Lipinski definition) is 2. The van der Waals surface area contributed by atoms with Crippen LogP contribution in [0.25, 0.3) is 0 Å². The minimum absolute atomic E-state index is 0.572. The lowest BCUT2D eigenvalue weighted by Gasteiger charge is -2.43. The Bertz CT molecular complexity index is 230. The SMILES string of the molecule is CC(C)CNC(=S)N1CC(C)N(C)C(C)C1. The summed E-state index contributed by atoms with van der Waals surface area (Å²) in [6.07, 6.45) is 0. The average molecular weight is 243 g/mol. The van der Waals surface area contributed by atoms with Crippen LogP contribution < -0.4 is 5.32 Å². The third-order valence-electron chi connectivity index (χ3n) is 3.31. The topological polar surface area (TPSA) is 18.5 Å². The van der Waals surface area contributed by atoms with Gasteiger partial charge in [-0.1, -0.05) is 13.8 Å². The van der Waals surface area contributed by atoms with Crippen molar-refractivity contribution in [2.75, 3.05) is 26.7 Å². The van der Waals surface area contributed by atoms with Crippen LogP contribution in [0.4, 0.5) is 0 Å². The molecular weight excluding hydrogens is 218 g/mol. The molecule has 0 amide bonds. The van der Waals surface area contributed by atoms with Gasteiger partial charge in [0.2, 0.25) is 0 Å². The number of nitrogens with one attached hydrogen (secondary N) is 1. The molecule has 1 N–H and O–H groups in total. The number of likely N-dealkylation sites (N-methyl/N-ethyl adjacent to an activating group) is 1. The van der Waals surface area contributed by atoms with E-state index in [1.165, 1.54) is 0 Å². The molecule has 1 fully saturated rings. The van der Waals surface area contributed by atoms with Gasteiger partial charge in [-0.25, -0.2) is 0 Å². The van der Waals surface area contributed by atoms with Crippen molar-refractivity contribution in [1.82, 2.24) is 15.1 Å². The van der Waals surface area contributed by atoms with Crippen molar-refractivity contribution in [3.05, 3.63) is 0 Å². The van der Waals surface area contributed by atoms with Crippen molar-refractivity contribution in [1.29, 1.82) is 0 Å². The second-order valence-corrected chi connectivity index (χ2v) is 5.74. The van der Waals surface area contributed by atoms with Crippen LogP contribution in [-0.2, 0) is 0 Å². The predicted molar refractivity (Wildman–Crippen MR) is 73.7 cm³/mol. The lowest BCUT2D eigenvalue weighted by molar-refractivity contribution is 0.0982. The van der Waals surface area contributed by atoms with Crippen molar-refractivity contribution < 1.29 is 0 Å². The Hall–Kier alpha value is -0.350. The van der Waals surface area contributed by atoms with Gasteiger partial charge >= 0.3 is 0 Å². The van der Waals surface area contributed by atoms with Gasteiger partial charge in [0.1, 0.15) is 0 Å². The minimum Gasteiger partial charge on any atom is -0.362 e. The third kappa shape index (κ3) is 3.59. The van der Waals surface area contributed by atoms with E-state index in [4.69, 9.17) is 12.2 Å². The number of nitrogens with zero attached hydrogens (tertiary/aromatic N) is 2. The summed E-state index contributed by atoms with van der Waals surface area (Å²) in [6.45, 7) is 11.9. The Morgan fingerprint density at radius 1 is 1.31 bits per heavy atom. The van der Waals surface area contributed by atoms with E-state index < -0.39 is 0 Å².